The molecule has 0 atom stereocenters. The fourth-order valence-electron chi connectivity index (χ4n) is 2.02. The minimum atomic E-state index is 0.732. The highest BCUT2D eigenvalue weighted by Crippen LogP contribution is 2.30. The van der Waals surface area contributed by atoms with Gasteiger partial charge in [-0.2, -0.15) is 5.10 Å². The minimum absolute atomic E-state index is 0.732. The third-order valence-electron chi connectivity index (χ3n) is 2.86. The van der Waals surface area contributed by atoms with Crippen LogP contribution in [0.2, 0.25) is 0 Å². The Morgan fingerprint density at radius 3 is 2.75 bits per heavy atom. The van der Waals surface area contributed by atoms with Gasteiger partial charge >= 0.3 is 0 Å². The van der Waals surface area contributed by atoms with E-state index >= 15 is 0 Å². The Labute approximate surface area is 95.3 Å². The Bertz CT molecular complexity index is 496. The number of nitrogens with zero attached hydrogens (tertiary/aromatic N) is 2. The van der Waals surface area contributed by atoms with E-state index in [2.05, 4.69) is 17.3 Å². The third kappa shape index (κ3) is 1.65. The lowest BCUT2D eigenvalue weighted by molar-refractivity contribution is 0.496. The van der Waals surface area contributed by atoms with Crippen molar-refractivity contribution in [3.63, 3.8) is 0 Å². The zero-order valence-electron chi connectivity index (χ0n) is 10.2. The van der Waals surface area contributed by atoms with Crippen molar-refractivity contribution in [2.24, 2.45) is 7.05 Å². The van der Waals surface area contributed by atoms with Gasteiger partial charge in [-0.1, -0.05) is 0 Å². The number of aryl methyl sites for hydroxylation is 2. The molecular formula is C12H17N3O. The van der Waals surface area contributed by atoms with E-state index in [0.29, 0.717) is 0 Å². The van der Waals surface area contributed by atoms with Crippen LogP contribution in [0.15, 0.2) is 16.7 Å². The molecule has 0 aliphatic rings. The molecule has 0 aliphatic heterocycles. The molecule has 2 aromatic heterocycles. The third-order valence-corrected chi connectivity index (χ3v) is 2.86. The maximum atomic E-state index is 5.48. The van der Waals surface area contributed by atoms with E-state index in [4.69, 9.17) is 4.42 Å². The van der Waals surface area contributed by atoms with Crippen LogP contribution in [0.3, 0.4) is 0 Å². The molecule has 1 N–H and O–H groups in total. The highest BCUT2D eigenvalue weighted by Gasteiger charge is 2.16. The number of aromatic nitrogens is 2. The Hall–Kier alpha value is -1.55. The molecule has 16 heavy (non-hydrogen) atoms. The molecule has 2 aromatic rings. The first-order chi connectivity index (χ1) is 7.65. The normalized spacial score (nSPS) is 11.0. The molecule has 0 unspecified atom stereocenters. The summed E-state index contributed by atoms with van der Waals surface area (Å²) < 4.78 is 7.38. The Kier molecular flexibility index (Phi) is 2.83. The molecule has 0 saturated heterocycles. The molecule has 2 heterocycles. The van der Waals surface area contributed by atoms with Crippen LogP contribution in [0.5, 0.6) is 0 Å². The maximum Gasteiger partial charge on any atom is 0.125 e. The Morgan fingerprint density at radius 2 is 2.19 bits per heavy atom. The van der Waals surface area contributed by atoms with Crippen LogP contribution in [-0.4, -0.2) is 16.8 Å². The van der Waals surface area contributed by atoms with Crippen molar-refractivity contribution >= 4 is 0 Å². The van der Waals surface area contributed by atoms with Crippen LogP contribution in [0.4, 0.5) is 0 Å². The summed E-state index contributed by atoms with van der Waals surface area (Å²) in [5, 5.41) is 7.53. The van der Waals surface area contributed by atoms with Crippen LogP contribution in [0.25, 0.3) is 11.1 Å². The second kappa shape index (κ2) is 4.14. The fraction of sp³-hybridized carbons (Fsp3) is 0.417. The number of hydrogen-bond donors (Lipinski definition) is 1. The average Bonchev–Trinajstić information content (AvgIpc) is 2.75. The van der Waals surface area contributed by atoms with E-state index < -0.39 is 0 Å². The van der Waals surface area contributed by atoms with Crippen LogP contribution >= 0.6 is 0 Å². The summed E-state index contributed by atoms with van der Waals surface area (Å²) in [5.74, 6) is 0.960. The van der Waals surface area contributed by atoms with Gasteiger partial charge in [-0.05, 0) is 27.0 Å². The molecule has 0 saturated carbocycles. The van der Waals surface area contributed by atoms with E-state index in [0.717, 1.165) is 29.3 Å². The second-order valence-corrected chi connectivity index (χ2v) is 3.96. The molecule has 0 aromatic carbocycles. The predicted octanol–water partition coefficient (Wildman–Crippen LogP) is 2.02. The summed E-state index contributed by atoms with van der Waals surface area (Å²) in [6.45, 7) is 4.83. The smallest absolute Gasteiger partial charge is 0.125 e. The van der Waals surface area contributed by atoms with E-state index in [1.165, 1.54) is 5.56 Å². The summed E-state index contributed by atoms with van der Waals surface area (Å²) in [6.07, 6.45) is 1.73. The van der Waals surface area contributed by atoms with Gasteiger partial charge in [0.05, 0.1) is 18.5 Å². The van der Waals surface area contributed by atoms with Gasteiger partial charge in [0, 0.05) is 23.9 Å². The first kappa shape index (κ1) is 11.0. The molecule has 4 heteroatoms. The maximum absolute atomic E-state index is 5.48. The number of hydrogen-bond acceptors (Lipinski definition) is 3. The van der Waals surface area contributed by atoms with Crippen molar-refractivity contribution in [2.75, 3.05) is 7.05 Å². The second-order valence-electron chi connectivity index (χ2n) is 3.96. The fourth-order valence-corrected chi connectivity index (χ4v) is 2.02. The van der Waals surface area contributed by atoms with E-state index in [9.17, 15) is 0 Å². The molecule has 0 aliphatic carbocycles. The largest absolute Gasteiger partial charge is 0.467 e. The van der Waals surface area contributed by atoms with Crippen LogP contribution < -0.4 is 5.32 Å². The van der Waals surface area contributed by atoms with Crippen molar-refractivity contribution in [1.29, 1.82) is 0 Å². The zero-order valence-corrected chi connectivity index (χ0v) is 10.2. The first-order valence-electron chi connectivity index (χ1n) is 5.36. The zero-order chi connectivity index (χ0) is 11.7. The lowest BCUT2D eigenvalue weighted by Crippen LogP contribution is -2.05. The summed E-state index contributed by atoms with van der Waals surface area (Å²) in [7, 11) is 3.87. The molecule has 86 valence electrons. The SMILES string of the molecule is CNCc1occc1-c1c(C)nn(C)c1C. The molecule has 2 rings (SSSR count). The van der Waals surface area contributed by atoms with Crippen LogP contribution in [0, 0.1) is 13.8 Å². The number of nitrogens with one attached hydrogen (secondary N) is 1. The monoisotopic (exact) mass is 219 g/mol. The van der Waals surface area contributed by atoms with Gasteiger partial charge in [-0.3, -0.25) is 4.68 Å². The van der Waals surface area contributed by atoms with Gasteiger partial charge in [-0.25, -0.2) is 0 Å². The first-order valence-corrected chi connectivity index (χ1v) is 5.36. The van der Waals surface area contributed by atoms with Crippen LogP contribution in [0.1, 0.15) is 17.1 Å². The number of rotatable bonds is 3. The minimum Gasteiger partial charge on any atom is -0.467 e. The molecule has 0 amide bonds. The topological polar surface area (TPSA) is 43.0 Å². The average molecular weight is 219 g/mol. The number of furan rings is 1. The van der Waals surface area contributed by atoms with Crippen molar-refractivity contribution in [1.82, 2.24) is 15.1 Å². The van der Waals surface area contributed by atoms with Crippen molar-refractivity contribution in [3.05, 3.63) is 29.5 Å². The van der Waals surface area contributed by atoms with Crippen molar-refractivity contribution in [3.8, 4) is 11.1 Å². The van der Waals surface area contributed by atoms with Gasteiger partial charge in [0.15, 0.2) is 0 Å². The summed E-state index contributed by atoms with van der Waals surface area (Å²) in [5.41, 5.74) is 4.52. The quantitative estimate of drug-likeness (QED) is 0.858. The standard InChI is InChI=1S/C12H17N3O/c1-8-12(9(2)15(4)14-8)10-5-6-16-11(10)7-13-3/h5-6,13H,7H2,1-4H3. The van der Waals surface area contributed by atoms with Gasteiger partial charge in [0.2, 0.25) is 0 Å². The molecule has 0 bridgehead atoms. The summed E-state index contributed by atoms with van der Waals surface area (Å²) in [4.78, 5) is 0. The lowest BCUT2D eigenvalue weighted by atomic mass is 10.0. The van der Waals surface area contributed by atoms with Crippen LogP contribution in [-0.2, 0) is 13.6 Å². The van der Waals surface area contributed by atoms with Crippen molar-refractivity contribution < 1.29 is 4.42 Å². The summed E-state index contributed by atoms with van der Waals surface area (Å²) in [6, 6.07) is 2.00. The van der Waals surface area contributed by atoms with Gasteiger partial charge in [0.1, 0.15) is 5.76 Å². The molecule has 0 radical (unpaired) electrons. The van der Waals surface area contributed by atoms with E-state index in [-0.39, 0.29) is 0 Å². The summed E-state index contributed by atoms with van der Waals surface area (Å²) >= 11 is 0. The Morgan fingerprint density at radius 1 is 1.44 bits per heavy atom. The van der Waals surface area contributed by atoms with E-state index in [1.807, 2.05) is 31.8 Å². The Balaban J connectivity index is 2.54. The molecule has 0 spiro atoms. The highest BCUT2D eigenvalue weighted by molar-refractivity contribution is 5.70. The van der Waals surface area contributed by atoms with E-state index in [1.54, 1.807) is 6.26 Å². The van der Waals surface area contributed by atoms with Gasteiger partial charge < -0.3 is 9.73 Å². The molecule has 4 nitrogen and oxygen atoms in total. The lowest BCUT2D eigenvalue weighted by Gasteiger charge is -2.02. The highest BCUT2D eigenvalue weighted by atomic mass is 16.3. The van der Waals surface area contributed by atoms with Gasteiger partial charge in [0.25, 0.3) is 0 Å². The molecular weight excluding hydrogens is 202 g/mol. The van der Waals surface area contributed by atoms with Crippen molar-refractivity contribution in [2.45, 2.75) is 20.4 Å². The van der Waals surface area contributed by atoms with Gasteiger partial charge in [-0.15, -0.1) is 0 Å². The predicted molar refractivity (Wildman–Crippen MR) is 63.1 cm³/mol. The molecule has 0 fully saturated rings.